The predicted octanol–water partition coefficient (Wildman–Crippen LogP) is 3.90. The number of halogens is 4. The highest BCUT2D eigenvalue weighted by Gasteiger charge is 2.36. The molecule has 2 unspecified atom stereocenters. The summed E-state index contributed by atoms with van der Waals surface area (Å²) in [5.74, 6) is -1.99. The van der Waals surface area contributed by atoms with Crippen molar-refractivity contribution in [2.24, 2.45) is 11.0 Å². The minimum atomic E-state index is -4.87. The van der Waals surface area contributed by atoms with Crippen LogP contribution >= 0.6 is 12.2 Å². The zero-order valence-electron chi connectivity index (χ0n) is 8.63. The van der Waals surface area contributed by atoms with Gasteiger partial charge in [0.05, 0.1) is 0 Å². The van der Waals surface area contributed by atoms with Crippen molar-refractivity contribution in [2.45, 2.75) is 31.7 Å². The molecule has 0 amide bonds. The summed E-state index contributed by atoms with van der Waals surface area (Å²) < 4.78 is 52.7. The van der Waals surface area contributed by atoms with Crippen molar-refractivity contribution in [3.63, 3.8) is 0 Å². The minimum absolute atomic E-state index is 0.162. The number of ether oxygens (including phenoxy) is 1. The molecule has 17 heavy (non-hydrogen) atoms. The van der Waals surface area contributed by atoms with Gasteiger partial charge < -0.3 is 4.74 Å². The van der Waals surface area contributed by atoms with Crippen molar-refractivity contribution in [1.82, 2.24) is 0 Å². The number of nitrogens with zero attached hydrogens (tertiary/aromatic N) is 1. The second-order valence-electron chi connectivity index (χ2n) is 3.63. The van der Waals surface area contributed by atoms with E-state index in [1.54, 1.807) is 0 Å². The summed E-state index contributed by atoms with van der Waals surface area (Å²) in [7, 11) is 0. The topological polar surface area (TPSA) is 45.4 Å². The quantitative estimate of drug-likeness (QED) is 0.478. The molecule has 0 aromatic carbocycles. The lowest BCUT2D eigenvalue weighted by Gasteiger charge is -2.25. The molecule has 96 valence electrons. The number of nitrogens with one attached hydrogen (secondary N) is 1. The molecule has 1 aliphatic rings. The Bertz CT molecular complexity index is 334. The van der Waals surface area contributed by atoms with Gasteiger partial charge in [-0.3, -0.25) is 0 Å². The third kappa shape index (κ3) is 4.03. The van der Waals surface area contributed by atoms with E-state index in [-0.39, 0.29) is 25.2 Å². The lowest BCUT2D eigenvalue weighted by molar-refractivity contribution is -0.308. The van der Waals surface area contributed by atoms with Crippen LogP contribution in [0, 0.1) is 11.4 Å². The SMILES string of the molecule is N=NC(C=S)C1CCC(OC(F)(F)F)=C(F)C1. The molecular weight excluding hydrogens is 260 g/mol. The molecule has 0 aromatic heterocycles. The third-order valence-corrected chi connectivity index (χ3v) is 2.78. The van der Waals surface area contributed by atoms with Gasteiger partial charge in [-0.25, -0.2) is 9.92 Å². The maximum atomic E-state index is 13.4. The zero-order valence-corrected chi connectivity index (χ0v) is 9.45. The zero-order chi connectivity index (χ0) is 13.1. The highest BCUT2D eigenvalue weighted by Crippen LogP contribution is 2.36. The fraction of sp³-hybridized carbons (Fsp3) is 0.667. The van der Waals surface area contributed by atoms with Gasteiger partial charge in [0.25, 0.3) is 0 Å². The molecule has 0 spiro atoms. The molecule has 0 saturated heterocycles. The minimum Gasteiger partial charge on any atom is -0.408 e. The van der Waals surface area contributed by atoms with E-state index in [4.69, 9.17) is 5.53 Å². The molecule has 0 fully saturated rings. The van der Waals surface area contributed by atoms with Crippen LogP contribution in [0.5, 0.6) is 0 Å². The molecule has 0 radical (unpaired) electrons. The Labute approximate surface area is 100 Å². The van der Waals surface area contributed by atoms with E-state index in [0.717, 1.165) is 0 Å². The molecule has 8 heteroatoms. The molecule has 0 aliphatic heterocycles. The van der Waals surface area contributed by atoms with Crippen LogP contribution in [0.15, 0.2) is 16.7 Å². The fourth-order valence-corrected chi connectivity index (χ4v) is 1.97. The van der Waals surface area contributed by atoms with E-state index in [9.17, 15) is 17.6 Å². The van der Waals surface area contributed by atoms with Crippen molar-refractivity contribution >= 4 is 17.6 Å². The number of thiocarbonyl (C=S) groups is 1. The van der Waals surface area contributed by atoms with Crippen LogP contribution in [0.2, 0.25) is 0 Å². The van der Waals surface area contributed by atoms with Gasteiger partial charge in [-0.1, -0.05) is 12.2 Å². The Morgan fingerprint density at radius 2 is 2.18 bits per heavy atom. The Morgan fingerprint density at radius 3 is 2.59 bits per heavy atom. The third-order valence-electron chi connectivity index (χ3n) is 2.50. The van der Waals surface area contributed by atoms with Gasteiger partial charge in [0.15, 0.2) is 0 Å². The monoisotopic (exact) mass is 270 g/mol. The van der Waals surface area contributed by atoms with Crippen LogP contribution in [0.25, 0.3) is 0 Å². The summed E-state index contributed by atoms with van der Waals surface area (Å²) >= 11 is 4.62. The molecule has 3 nitrogen and oxygen atoms in total. The number of rotatable bonds is 4. The molecule has 0 saturated carbocycles. The first-order valence-corrected chi connectivity index (χ1v) is 5.29. The predicted molar refractivity (Wildman–Crippen MR) is 55.2 cm³/mol. The smallest absolute Gasteiger partial charge is 0.408 e. The van der Waals surface area contributed by atoms with Crippen molar-refractivity contribution in [1.29, 1.82) is 5.53 Å². The summed E-state index contributed by atoms with van der Waals surface area (Å²) in [5, 5.41) is 4.43. The van der Waals surface area contributed by atoms with Crippen molar-refractivity contribution < 1.29 is 22.3 Å². The van der Waals surface area contributed by atoms with Crippen LogP contribution in [-0.2, 0) is 4.74 Å². The Hall–Kier alpha value is -1.05. The van der Waals surface area contributed by atoms with E-state index in [1.807, 2.05) is 0 Å². The van der Waals surface area contributed by atoms with E-state index in [2.05, 4.69) is 22.1 Å². The van der Waals surface area contributed by atoms with Crippen LogP contribution in [-0.4, -0.2) is 17.8 Å². The summed E-state index contributed by atoms with van der Waals surface area (Å²) in [4.78, 5) is 0. The van der Waals surface area contributed by atoms with Crippen LogP contribution in [0.3, 0.4) is 0 Å². The highest BCUT2D eigenvalue weighted by molar-refractivity contribution is 7.79. The Balaban J connectivity index is 2.71. The van der Waals surface area contributed by atoms with E-state index >= 15 is 0 Å². The highest BCUT2D eigenvalue weighted by atomic mass is 32.1. The first-order chi connectivity index (χ1) is 7.87. The lowest BCUT2D eigenvalue weighted by Crippen LogP contribution is -2.24. The van der Waals surface area contributed by atoms with E-state index < -0.39 is 24.0 Å². The lowest BCUT2D eigenvalue weighted by atomic mass is 9.87. The summed E-state index contributed by atoms with van der Waals surface area (Å²) in [6, 6.07) is -0.636. The molecular formula is C9H10F4N2OS. The molecule has 2 atom stereocenters. The summed E-state index contributed by atoms with van der Waals surface area (Å²) in [5.41, 5.74) is 6.83. The Kier molecular flexibility index (Phi) is 4.55. The van der Waals surface area contributed by atoms with Gasteiger partial charge in [-0.2, -0.15) is 5.11 Å². The normalized spacial score (nSPS) is 23.2. The average Bonchev–Trinajstić information content (AvgIpc) is 2.22. The van der Waals surface area contributed by atoms with Crippen molar-refractivity contribution in [3.05, 3.63) is 11.6 Å². The average molecular weight is 270 g/mol. The van der Waals surface area contributed by atoms with E-state index in [1.165, 1.54) is 5.37 Å². The number of hydrogen-bond donors (Lipinski definition) is 1. The second kappa shape index (κ2) is 5.52. The summed E-state index contributed by atoms with van der Waals surface area (Å²) in [6.45, 7) is 0. The summed E-state index contributed by atoms with van der Waals surface area (Å²) in [6.07, 6.45) is -5.00. The van der Waals surface area contributed by atoms with Crippen LogP contribution < -0.4 is 0 Å². The van der Waals surface area contributed by atoms with Crippen LogP contribution in [0.1, 0.15) is 19.3 Å². The first kappa shape index (κ1) is 14.0. The van der Waals surface area contributed by atoms with Gasteiger partial charge in [0.1, 0.15) is 17.6 Å². The van der Waals surface area contributed by atoms with Gasteiger partial charge in [0.2, 0.25) is 0 Å². The second-order valence-corrected chi connectivity index (χ2v) is 3.91. The first-order valence-electron chi connectivity index (χ1n) is 4.82. The van der Waals surface area contributed by atoms with Gasteiger partial charge in [0, 0.05) is 18.2 Å². The van der Waals surface area contributed by atoms with Gasteiger partial charge in [-0.05, 0) is 12.3 Å². The van der Waals surface area contributed by atoms with E-state index in [0.29, 0.717) is 0 Å². The standard InChI is InChI=1S/C9H10F4N2OS/c10-6-3-5(7(4-17)15-14)1-2-8(6)16-9(11,12)13/h4-5,7,14H,1-3H2. The van der Waals surface area contributed by atoms with Crippen molar-refractivity contribution in [3.8, 4) is 0 Å². The van der Waals surface area contributed by atoms with Crippen molar-refractivity contribution in [2.75, 3.05) is 0 Å². The Morgan fingerprint density at radius 1 is 1.53 bits per heavy atom. The molecule has 0 aromatic rings. The number of allylic oxidation sites excluding steroid dienone is 2. The maximum absolute atomic E-state index is 13.4. The molecule has 0 heterocycles. The largest absolute Gasteiger partial charge is 0.572 e. The number of hydrogen-bond acceptors (Lipinski definition) is 4. The molecule has 1 N–H and O–H groups in total. The van der Waals surface area contributed by atoms with Crippen LogP contribution in [0.4, 0.5) is 17.6 Å². The van der Waals surface area contributed by atoms with Gasteiger partial charge >= 0.3 is 6.36 Å². The molecule has 1 rings (SSSR count). The molecule has 1 aliphatic carbocycles. The maximum Gasteiger partial charge on any atom is 0.572 e. The fourth-order valence-electron chi connectivity index (χ4n) is 1.68. The molecule has 0 bridgehead atoms. The number of alkyl halides is 3. The van der Waals surface area contributed by atoms with Gasteiger partial charge in [-0.15, -0.1) is 13.2 Å².